The molecule has 1 fully saturated rings. The highest BCUT2D eigenvalue weighted by atomic mass is 19.4. The highest BCUT2D eigenvalue weighted by Gasteiger charge is 2.31. The van der Waals surface area contributed by atoms with Crippen LogP contribution in [-0.2, 0) is 6.18 Å². The fraction of sp³-hybridized carbons (Fsp3) is 0.316. The Hall–Kier alpha value is -3.14. The van der Waals surface area contributed by atoms with E-state index in [2.05, 4.69) is 20.3 Å². The zero-order chi connectivity index (χ0) is 20.6. The number of hydrogen-bond donors (Lipinski definition) is 3. The van der Waals surface area contributed by atoms with Gasteiger partial charge in [0.15, 0.2) is 5.82 Å². The number of nitrogens with zero attached hydrogens (tertiary/aromatic N) is 4. The highest BCUT2D eigenvalue weighted by Crippen LogP contribution is 2.34. The molecular formula is C19H20F3N7. The van der Waals surface area contributed by atoms with Crippen LogP contribution in [0.15, 0.2) is 36.5 Å². The first kappa shape index (κ1) is 19.2. The molecule has 5 N–H and O–H groups in total. The van der Waals surface area contributed by atoms with E-state index in [-0.39, 0.29) is 23.4 Å². The fourth-order valence-electron chi connectivity index (χ4n) is 3.45. The van der Waals surface area contributed by atoms with Gasteiger partial charge < -0.3 is 21.7 Å². The largest absolute Gasteiger partial charge is 0.416 e. The molecule has 4 rings (SSSR count). The van der Waals surface area contributed by atoms with Gasteiger partial charge in [-0.3, -0.25) is 4.98 Å². The second-order valence-corrected chi connectivity index (χ2v) is 7.06. The number of nitrogen functional groups attached to an aromatic ring is 1. The molecule has 1 aliphatic heterocycles. The van der Waals surface area contributed by atoms with Gasteiger partial charge in [-0.05, 0) is 43.2 Å². The Balaban J connectivity index is 1.74. The van der Waals surface area contributed by atoms with Crippen molar-refractivity contribution >= 4 is 34.2 Å². The van der Waals surface area contributed by atoms with Gasteiger partial charge in [0, 0.05) is 36.7 Å². The third kappa shape index (κ3) is 4.16. The molecule has 2 aromatic heterocycles. The Labute approximate surface area is 164 Å². The Morgan fingerprint density at radius 2 is 2.00 bits per heavy atom. The van der Waals surface area contributed by atoms with Crippen molar-refractivity contribution < 1.29 is 13.2 Å². The lowest BCUT2D eigenvalue weighted by Crippen LogP contribution is -2.43. The number of nitrogens with two attached hydrogens (primary N) is 2. The summed E-state index contributed by atoms with van der Waals surface area (Å²) in [6.45, 7) is 1.39. The lowest BCUT2D eigenvalue weighted by Gasteiger charge is -2.32. The monoisotopic (exact) mass is 403 g/mol. The van der Waals surface area contributed by atoms with Gasteiger partial charge in [-0.15, -0.1) is 0 Å². The molecule has 0 aliphatic carbocycles. The molecule has 1 aliphatic rings. The summed E-state index contributed by atoms with van der Waals surface area (Å²) >= 11 is 0. The highest BCUT2D eigenvalue weighted by molar-refractivity contribution is 5.87. The molecule has 0 amide bonds. The standard InChI is InChI=1S/C19H20F3N7/c20-19(21,22)11-7-13(24)9-14(8-11)26-18-27-15-4-1-5-25-16(15)17(28-18)29-6-2-3-12(23)10-29/h1,4-5,7-9,12H,2-3,6,10,23-24H2,(H,26,27,28)/t12-/m1/s1. The average Bonchev–Trinajstić information content (AvgIpc) is 2.66. The predicted octanol–water partition coefficient (Wildman–Crippen LogP) is 3.30. The van der Waals surface area contributed by atoms with E-state index < -0.39 is 11.7 Å². The number of aromatic nitrogens is 3. The van der Waals surface area contributed by atoms with Crippen molar-refractivity contribution in [1.29, 1.82) is 0 Å². The van der Waals surface area contributed by atoms with Gasteiger partial charge in [-0.2, -0.15) is 18.2 Å². The molecule has 3 aromatic rings. The summed E-state index contributed by atoms with van der Waals surface area (Å²) in [5.41, 5.74) is 12.3. The normalized spacial score (nSPS) is 17.5. The molecule has 1 saturated heterocycles. The number of nitrogens with one attached hydrogen (secondary N) is 1. The van der Waals surface area contributed by atoms with Crippen LogP contribution < -0.4 is 21.7 Å². The first-order valence-electron chi connectivity index (χ1n) is 9.18. The Morgan fingerprint density at radius 1 is 1.17 bits per heavy atom. The molecule has 0 unspecified atom stereocenters. The van der Waals surface area contributed by atoms with E-state index in [1.54, 1.807) is 18.3 Å². The molecule has 1 atom stereocenters. The van der Waals surface area contributed by atoms with Crippen molar-refractivity contribution in [2.45, 2.75) is 25.1 Å². The number of alkyl halides is 3. The topological polar surface area (TPSA) is 106 Å². The van der Waals surface area contributed by atoms with E-state index in [4.69, 9.17) is 11.5 Å². The lowest BCUT2D eigenvalue weighted by atomic mass is 10.1. The van der Waals surface area contributed by atoms with Crippen molar-refractivity contribution in [3.05, 3.63) is 42.1 Å². The molecule has 7 nitrogen and oxygen atoms in total. The molecule has 29 heavy (non-hydrogen) atoms. The van der Waals surface area contributed by atoms with Gasteiger partial charge in [0.05, 0.1) is 11.1 Å². The Morgan fingerprint density at radius 3 is 2.76 bits per heavy atom. The van der Waals surface area contributed by atoms with Crippen LogP contribution in [0.5, 0.6) is 0 Å². The molecule has 1 aromatic carbocycles. The summed E-state index contributed by atoms with van der Waals surface area (Å²) in [7, 11) is 0. The van der Waals surface area contributed by atoms with Crippen LogP contribution in [0.4, 0.5) is 36.3 Å². The second kappa shape index (κ2) is 7.36. The molecular weight excluding hydrogens is 383 g/mol. The van der Waals surface area contributed by atoms with Crippen LogP contribution in [0.3, 0.4) is 0 Å². The number of benzene rings is 1. The van der Waals surface area contributed by atoms with E-state index in [0.717, 1.165) is 31.5 Å². The molecule has 0 bridgehead atoms. The predicted molar refractivity (Wildman–Crippen MR) is 106 cm³/mol. The minimum Gasteiger partial charge on any atom is -0.399 e. The minimum atomic E-state index is -4.50. The van der Waals surface area contributed by atoms with E-state index in [0.29, 0.717) is 23.4 Å². The van der Waals surface area contributed by atoms with Crippen molar-refractivity contribution in [2.24, 2.45) is 5.73 Å². The number of pyridine rings is 1. The van der Waals surface area contributed by atoms with Crippen LogP contribution in [-0.4, -0.2) is 34.1 Å². The summed E-state index contributed by atoms with van der Waals surface area (Å²) in [4.78, 5) is 15.4. The molecule has 152 valence electrons. The molecule has 3 heterocycles. The molecule has 10 heteroatoms. The maximum Gasteiger partial charge on any atom is 0.416 e. The number of hydrogen-bond acceptors (Lipinski definition) is 7. The van der Waals surface area contributed by atoms with Crippen LogP contribution in [0.2, 0.25) is 0 Å². The zero-order valence-electron chi connectivity index (χ0n) is 15.4. The summed E-state index contributed by atoms with van der Waals surface area (Å²) in [6.07, 6.45) is -0.997. The summed E-state index contributed by atoms with van der Waals surface area (Å²) < 4.78 is 39.3. The van der Waals surface area contributed by atoms with E-state index >= 15 is 0 Å². The van der Waals surface area contributed by atoms with E-state index in [1.165, 1.54) is 6.07 Å². The third-order valence-corrected chi connectivity index (χ3v) is 4.73. The summed E-state index contributed by atoms with van der Waals surface area (Å²) in [5, 5.41) is 2.85. The van der Waals surface area contributed by atoms with Gasteiger partial charge in [0.2, 0.25) is 5.95 Å². The fourth-order valence-corrected chi connectivity index (χ4v) is 3.45. The van der Waals surface area contributed by atoms with Crippen molar-refractivity contribution in [2.75, 3.05) is 29.0 Å². The van der Waals surface area contributed by atoms with Crippen LogP contribution >= 0.6 is 0 Å². The van der Waals surface area contributed by atoms with Crippen LogP contribution in [0.1, 0.15) is 18.4 Å². The molecule has 0 radical (unpaired) electrons. The van der Waals surface area contributed by atoms with Gasteiger partial charge in [0.1, 0.15) is 5.52 Å². The summed E-state index contributed by atoms with van der Waals surface area (Å²) in [5.74, 6) is 0.770. The number of piperidine rings is 1. The third-order valence-electron chi connectivity index (χ3n) is 4.73. The average molecular weight is 403 g/mol. The summed E-state index contributed by atoms with van der Waals surface area (Å²) in [6, 6.07) is 6.82. The SMILES string of the molecule is Nc1cc(Nc2nc(N3CCC[C@@H](N)C3)c3ncccc3n2)cc(C(F)(F)F)c1. The maximum absolute atomic E-state index is 13.1. The van der Waals surface area contributed by atoms with E-state index in [1.807, 2.05) is 4.90 Å². The number of halogens is 3. The van der Waals surface area contributed by atoms with Crippen molar-refractivity contribution in [3.8, 4) is 0 Å². The smallest absolute Gasteiger partial charge is 0.399 e. The van der Waals surface area contributed by atoms with Gasteiger partial charge in [0.25, 0.3) is 0 Å². The van der Waals surface area contributed by atoms with Crippen LogP contribution in [0, 0.1) is 0 Å². The lowest BCUT2D eigenvalue weighted by molar-refractivity contribution is -0.137. The maximum atomic E-state index is 13.1. The van der Waals surface area contributed by atoms with Gasteiger partial charge in [-0.1, -0.05) is 0 Å². The van der Waals surface area contributed by atoms with Gasteiger partial charge >= 0.3 is 6.18 Å². The van der Waals surface area contributed by atoms with E-state index in [9.17, 15) is 13.2 Å². The van der Waals surface area contributed by atoms with Crippen molar-refractivity contribution in [1.82, 2.24) is 15.0 Å². The quantitative estimate of drug-likeness (QED) is 0.576. The zero-order valence-corrected chi connectivity index (χ0v) is 15.4. The molecule has 0 saturated carbocycles. The van der Waals surface area contributed by atoms with Crippen molar-refractivity contribution in [3.63, 3.8) is 0 Å². The Kier molecular flexibility index (Phi) is 4.87. The number of anilines is 4. The minimum absolute atomic E-state index is 0.00740. The first-order valence-corrected chi connectivity index (χ1v) is 9.18. The first-order chi connectivity index (χ1) is 13.8. The van der Waals surface area contributed by atoms with Gasteiger partial charge in [-0.25, -0.2) is 4.98 Å². The van der Waals surface area contributed by atoms with Crippen LogP contribution in [0.25, 0.3) is 11.0 Å². The number of fused-ring (bicyclic) bond motifs is 1. The Bertz CT molecular complexity index is 1040. The molecule has 0 spiro atoms. The second-order valence-electron chi connectivity index (χ2n) is 7.06. The number of rotatable bonds is 3.